The van der Waals surface area contributed by atoms with E-state index in [0.717, 1.165) is 0 Å². The molecule has 172 valence electrons. The van der Waals surface area contributed by atoms with Gasteiger partial charge in [-0.05, 0) is 43.3 Å². The topological polar surface area (TPSA) is 135 Å². The first kappa shape index (κ1) is 25.6. The number of carbonyl (C=O) groups excluding carboxylic acids is 3. The molecule has 1 atom stereocenters. The summed E-state index contributed by atoms with van der Waals surface area (Å²) >= 11 is 1.20. The van der Waals surface area contributed by atoms with Crippen LogP contribution in [0.1, 0.15) is 38.1 Å². The van der Waals surface area contributed by atoms with Crippen LogP contribution in [0.25, 0.3) is 0 Å². The first-order valence-corrected chi connectivity index (χ1v) is 12.2. The van der Waals surface area contributed by atoms with Crippen LogP contribution >= 0.6 is 11.8 Å². The summed E-state index contributed by atoms with van der Waals surface area (Å²) in [4.78, 5) is 37.8. The molecule has 2 aromatic rings. The summed E-state index contributed by atoms with van der Waals surface area (Å²) in [7, 11) is -3.81. The second kappa shape index (κ2) is 10.3. The number of thioether (sulfide) groups is 1. The summed E-state index contributed by atoms with van der Waals surface area (Å²) in [6.07, 6.45) is 0. The zero-order chi connectivity index (χ0) is 24.1. The van der Waals surface area contributed by atoms with Gasteiger partial charge < -0.3 is 10.6 Å². The zero-order valence-electron chi connectivity index (χ0n) is 18.3. The quantitative estimate of drug-likeness (QED) is 0.500. The van der Waals surface area contributed by atoms with Crippen LogP contribution in [0.4, 0.5) is 5.69 Å². The fourth-order valence-electron chi connectivity index (χ4n) is 2.49. The number of anilines is 1. The molecule has 0 aliphatic heterocycles. The van der Waals surface area contributed by atoms with Crippen molar-refractivity contribution in [3.8, 4) is 0 Å². The Labute approximate surface area is 192 Å². The fraction of sp³-hybridized carbons (Fsp3) is 0.318. The van der Waals surface area contributed by atoms with Crippen molar-refractivity contribution in [2.75, 3.05) is 11.9 Å². The van der Waals surface area contributed by atoms with E-state index in [2.05, 4.69) is 10.6 Å². The number of nitrogens with one attached hydrogen (secondary N) is 2. The largest absolute Gasteiger partial charge is 0.345 e. The Balaban J connectivity index is 2.05. The normalized spacial score (nSPS) is 12.7. The Morgan fingerprint density at radius 1 is 1.03 bits per heavy atom. The standard InChI is InChI=1S/C22H27N3O5S2/c1-14(20(27)25-15-9-11-16(12-10-15)32(23,29)30)31-18-8-6-5-7-17(18)21(28)24-13-19(26)22(2,3)4/h5-12,14H,13H2,1-4H3,(H,24,28)(H,25,27)(H2,23,29,30)/t14-/m0/s1. The summed E-state index contributed by atoms with van der Waals surface area (Å²) in [5.41, 5.74) is 0.235. The maximum absolute atomic E-state index is 12.6. The lowest BCUT2D eigenvalue weighted by Gasteiger charge is -2.18. The third-order valence-electron chi connectivity index (χ3n) is 4.50. The van der Waals surface area contributed by atoms with E-state index >= 15 is 0 Å². The number of carbonyl (C=O) groups is 3. The monoisotopic (exact) mass is 477 g/mol. The second-order valence-electron chi connectivity index (χ2n) is 8.17. The van der Waals surface area contributed by atoms with Crippen molar-refractivity contribution >= 4 is 45.1 Å². The number of primary sulfonamides is 1. The third kappa shape index (κ3) is 7.18. The molecule has 4 N–H and O–H groups in total. The van der Waals surface area contributed by atoms with E-state index in [1.165, 1.54) is 36.0 Å². The molecule has 10 heteroatoms. The van der Waals surface area contributed by atoms with Gasteiger partial charge in [0, 0.05) is 16.0 Å². The molecule has 0 saturated heterocycles. The van der Waals surface area contributed by atoms with E-state index < -0.39 is 26.6 Å². The van der Waals surface area contributed by atoms with Crippen molar-refractivity contribution < 1.29 is 22.8 Å². The van der Waals surface area contributed by atoms with Crippen molar-refractivity contribution in [2.24, 2.45) is 10.6 Å². The van der Waals surface area contributed by atoms with Crippen molar-refractivity contribution in [1.82, 2.24) is 5.32 Å². The molecule has 2 amide bonds. The Hall–Kier alpha value is -2.69. The number of sulfonamides is 1. The van der Waals surface area contributed by atoms with Gasteiger partial charge in [-0.3, -0.25) is 14.4 Å². The van der Waals surface area contributed by atoms with Gasteiger partial charge in [0.15, 0.2) is 5.78 Å². The van der Waals surface area contributed by atoms with Gasteiger partial charge in [-0.1, -0.05) is 32.9 Å². The number of nitrogens with two attached hydrogens (primary N) is 1. The summed E-state index contributed by atoms with van der Waals surface area (Å²) in [5.74, 6) is -0.800. The zero-order valence-corrected chi connectivity index (χ0v) is 20.0. The van der Waals surface area contributed by atoms with Crippen LogP contribution in [0.15, 0.2) is 58.3 Å². The molecule has 0 bridgehead atoms. The van der Waals surface area contributed by atoms with Gasteiger partial charge in [-0.15, -0.1) is 11.8 Å². The molecule has 0 unspecified atom stereocenters. The molecule has 0 aliphatic rings. The lowest BCUT2D eigenvalue weighted by molar-refractivity contribution is -0.125. The van der Waals surface area contributed by atoms with Gasteiger partial charge in [0.25, 0.3) is 5.91 Å². The number of Topliss-reactive ketones (excluding diaryl/α,β-unsaturated/α-hetero) is 1. The van der Waals surface area contributed by atoms with Crippen LogP contribution < -0.4 is 15.8 Å². The van der Waals surface area contributed by atoms with E-state index in [9.17, 15) is 22.8 Å². The molecule has 32 heavy (non-hydrogen) atoms. The number of hydrogen-bond acceptors (Lipinski definition) is 6. The average Bonchev–Trinajstić information content (AvgIpc) is 2.71. The highest BCUT2D eigenvalue weighted by Gasteiger charge is 2.23. The molecule has 0 fully saturated rings. The Morgan fingerprint density at radius 2 is 1.62 bits per heavy atom. The first-order chi connectivity index (χ1) is 14.8. The highest BCUT2D eigenvalue weighted by Crippen LogP contribution is 2.28. The Bertz CT molecular complexity index is 1110. The Morgan fingerprint density at radius 3 is 2.19 bits per heavy atom. The van der Waals surface area contributed by atoms with Gasteiger partial charge in [0.1, 0.15) is 0 Å². The van der Waals surface area contributed by atoms with Crippen LogP contribution in [0, 0.1) is 5.41 Å². The molecule has 2 aromatic carbocycles. The van der Waals surface area contributed by atoms with Crippen LogP contribution in [0.2, 0.25) is 0 Å². The smallest absolute Gasteiger partial charge is 0.252 e. The number of ketones is 1. The molecule has 0 saturated carbocycles. The van der Waals surface area contributed by atoms with Crippen molar-refractivity contribution in [3.63, 3.8) is 0 Å². The molecule has 8 nitrogen and oxygen atoms in total. The number of benzene rings is 2. The molecule has 0 spiro atoms. The van der Waals surface area contributed by atoms with Gasteiger partial charge >= 0.3 is 0 Å². The van der Waals surface area contributed by atoms with Crippen LogP contribution in [0.3, 0.4) is 0 Å². The van der Waals surface area contributed by atoms with Crippen molar-refractivity contribution in [1.29, 1.82) is 0 Å². The Kier molecular flexibility index (Phi) is 8.22. The maximum atomic E-state index is 12.6. The van der Waals surface area contributed by atoms with Crippen molar-refractivity contribution in [3.05, 3.63) is 54.1 Å². The minimum atomic E-state index is -3.81. The summed E-state index contributed by atoms with van der Waals surface area (Å²) in [5, 5.41) is 9.86. The van der Waals surface area contributed by atoms with Crippen LogP contribution in [-0.4, -0.2) is 37.8 Å². The average molecular weight is 478 g/mol. The molecule has 0 aliphatic carbocycles. The van der Waals surface area contributed by atoms with E-state index in [1.54, 1.807) is 52.0 Å². The molecule has 0 aromatic heterocycles. The molecule has 2 rings (SSSR count). The molecular formula is C22H27N3O5S2. The first-order valence-electron chi connectivity index (χ1n) is 9.80. The minimum Gasteiger partial charge on any atom is -0.345 e. The highest BCUT2D eigenvalue weighted by atomic mass is 32.2. The maximum Gasteiger partial charge on any atom is 0.252 e. The lowest BCUT2D eigenvalue weighted by Crippen LogP contribution is -2.35. The summed E-state index contributed by atoms with van der Waals surface area (Å²) < 4.78 is 22.7. The summed E-state index contributed by atoms with van der Waals surface area (Å²) in [6, 6.07) is 12.3. The van der Waals surface area contributed by atoms with E-state index in [0.29, 0.717) is 16.1 Å². The molecule has 0 radical (unpaired) electrons. The van der Waals surface area contributed by atoms with Crippen LogP contribution in [0.5, 0.6) is 0 Å². The SMILES string of the molecule is C[C@H](Sc1ccccc1C(=O)NCC(=O)C(C)(C)C)C(=O)Nc1ccc(S(N)(=O)=O)cc1. The minimum absolute atomic E-state index is 0.0530. The third-order valence-corrected chi connectivity index (χ3v) is 6.61. The van der Waals surface area contributed by atoms with Gasteiger partial charge in [-0.2, -0.15) is 0 Å². The number of hydrogen-bond donors (Lipinski definition) is 3. The van der Waals surface area contributed by atoms with Gasteiger partial charge in [-0.25, -0.2) is 13.6 Å². The predicted molar refractivity (Wildman–Crippen MR) is 125 cm³/mol. The van der Waals surface area contributed by atoms with E-state index in [4.69, 9.17) is 5.14 Å². The highest BCUT2D eigenvalue weighted by molar-refractivity contribution is 8.00. The summed E-state index contributed by atoms with van der Waals surface area (Å²) in [6.45, 7) is 6.97. The number of amides is 2. The van der Waals surface area contributed by atoms with E-state index in [1.807, 2.05) is 0 Å². The van der Waals surface area contributed by atoms with Gasteiger partial charge in [0.05, 0.1) is 22.3 Å². The fourth-order valence-corrected chi connectivity index (χ4v) is 4.00. The molecular weight excluding hydrogens is 450 g/mol. The van der Waals surface area contributed by atoms with Crippen molar-refractivity contribution in [2.45, 2.75) is 42.7 Å². The van der Waals surface area contributed by atoms with Crippen LogP contribution in [-0.2, 0) is 19.6 Å². The van der Waals surface area contributed by atoms with E-state index in [-0.39, 0.29) is 23.1 Å². The second-order valence-corrected chi connectivity index (χ2v) is 11.1. The van der Waals surface area contributed by atoms with Gasteiger partial charge in [0.2, 0.25) is 15.9 Å². The lowest BCUT2D eigenvalue weighted by atomic mass is 9.91. The predicted octanol–water partition coefficient (Wildman–Crippen LogP) is 2.80. The molecule has 0 heterocycles. The number of rotatable bonds is 8.